The summed E-state index contributed by atoms with van der Waals surface area (Å²) in [6.07, 6.45) is 1.87. The monoisotopic (exact) mass is 168 g/mol. The number of benzene rings is 2. The molecule has 1 aliphatic rings. The van der Waals surface area contributed by atoms with Gasteiger partial charge in [0, 0.05) is 22.9 Å². The van der Waals surface area contributed by atoms with Crippen molar-refractivity contribution in [2.75, 3.05) is 5.73 Å². The Morgan fingerprint density at radius 3 is 3.00 bits per heavy atom. The lowest BCUT2D eigenvalue weighted by molar-refractivity contribution is 1.63. The van der Waals surface area contributed by atoms with E-state index in [2.05, 4.69) is 11.1 Å². The summed E-state index contributed by atoms with van der Waals surface area (Å²) < 4.78 is 0. The Morgan fingerprint density at radius 1 is 1.15 bits per heavy atom. The van der Waals surface area contributed by atoms with E-state index in [1.165, 1.54) is 10.8 Å². The number of nitrogen functional groups attached to an aromatic ring is 1. The first kappa shape index (κ1) is 6.66. The number of hydrogen-bond donors (Lipinski definition) is 1. The Labute approximate surface area is 75.7 Å². The largest absolute Gasteiger partial charge is 0.399 e. The quantitative estimate of drug-likeness (QED) is 0.514. The molecular weight excluding hydrogens is 160 g/mol. The fraction of sp³-hybridized carbons (Fsp3) is 0. The molecule has 0 saturated heterocycles. The summed E-state index contributed by atoms with van der Waals surface area (Å²) in [5.74, 6) is 0. The molecular formula is C11H8N2. The second-order valence-corrected chi connectivity index (χ2v) is 3.24. The van der Waals surface area contributed by atoms with Crippen LogP contribution in [0.15, 0.2) is 35.3 Å². The van der Waals surface area contributed by atoms with E-state index in [1.807, 2.05) is 30.5 Å². The van der Waals surface area contributed by atoms with Crippen LogP contribution in [0.2, 0.25) is 0 Å². The molecule has 2 nitrogen and oxygen atoms in total. The average molecular weight is 168 g/mol. The Balaban J connectivity index is 2.59. The topological polar surface area (TPSA) is 38.4 Å². The van der Waals surface area contributed by atoms with E-state index in [1.54, 1.807) is 0 Å². The second kappa shape index (κ2) is 2.10. The summed E-state index contributed by atoms with van der Waals surface area (Å²) >= 11 is 0. The molecule has 0 unspecified atom stereocenters. The highest BCUT2D eigenvalue weighted by atomic mass is 14.7. The van der Waals surface area contributed by atoms with Crippen molar-refractivity contribution in [1.82, 2.24) is 0 Å². The minimum absolute atomic E-state index is 0.799. The molecule has 0 radical (unpaired) electrons. The Hall–Kier alpha value is -1.83. The zero-order chi connectivity index (χ0) is 8.84. The van der Waals surface area contributed by atoms with Gasteiger partial charge in [0.15, 0.2) is 0 Å². The molecule has 2 N–H and O–H groups in total. The van der Waals surface area contributed by atoms with E-state index in [4.69, 9.17) is 5.73 Å². The van der Waals surface area contributed by atoms with Crippen LogP contribution in [0.3, 0.4) is 0 Å². The summed E-state index contributed by atoms with van der Waals surface area (Å²) in [4.78, 5) is 4.30. The predicted octanol–water partition coefficient (Wildman–Crippen LogP) is 2.49. The molecule has 0 spiro atoms. The molecule has 0 aliphatic carbocycles. The average Bonchev–Trinajstić information content (AvgIpc) is 2.50. The molecule has 2 aromatic carbocycles. The van der Waals surface area contributed by atoms with Gasteiger partial charge in [-0.3, -0.25) is 4.99 Å². The van der Waals surface area contributed by atoms with Gasteiger partial charge >= 0.3 is 0 Å². The Kier molecular flexibility index (Phi) is 1.08. The fourth-order valence-corrected chi connectivity index (χ4v) is 1.81. The first-order chi connectivity index (χ1) is 6.34. The third-order valence-electron chi connectivity index (χ3n) is 2.35. The van der Waals surface area contributed by atoms with Gasteiger partial charge in [0.2, 0.25) is 0 Å². The highest BCUT2D eigenvalue weighted by molar-refractivity contribution is 6.12. The van der Waals surface area contributed by atoms with Crippen LogP contribution < -0.4 is 5.73 Å². The fourth-order valence-electron chi connectivity index (χ4n) is 1.81. The van der Waals surface area contributed by atoms with E-state index in [0.29, 0.717) is 0 Å². The van der Waals surface area contributed by atoms with Crippen molar-refractivity contribution in [2.24, 2.45) is 4.99 Å². The summed E-state index contributed by atoms with van der Waals surface area (Å²) in [6.45, 7) is 0. The van der Waals surface area contributed by atoms with Crippen molar-refractivity contribution >= 4 is 28.4 Å². The van der Waals surface area contributed by atoms with E-state index >= 15 is 0 Å². The van der Waals surface area contributed by atoms with Crippen LogP contribution in [0, 0.1) is 0 Å². The molecule has 0 fully saturated rings. The molecule has 1 aliphatic heterocycles. The molecule has 0 aromatic heterocycles. The highest BCUT2D eigenvalue weighted by Crippen LogP contribution is 2.34. The van der Waals surface area contributed by atoms with E-state index in [9.17, 15) is 0 Å². The number of rotatable bonds is 0. The molecule has 0 amide bonds. The van der Waals surface area contributed by atoms with Crippen LogP contribution in [0.25, 0.3) is 10.8 Å². The van der Waals surface area contributed by atoms with E-state index < -0.39 is 0 Å². The lowest BCUT2D eigenvalue weighted by Crippen LogP contribution is -1.87. The number of hydrogen-bond acceptors (Lipinski definition) is 2. The standard InChI is InChI=1S/C11H8N2/c12-9-4-7-2-1-3-10-11(7)8(5-9)6-13-10/h1-6H,12H2. The number of anilines is 1. The van der Waals surface area contributed by atoms with Crippen LogP contribution in [-0.2, 0) is 0 Å². The molecule has 0 bridgehead atoms. The maximum Gasteiger partial charge on any atom is 0.0714 e. The molecule has 2 aromatic rings. The molecule has 0 saturated carbocycles. The lowest BCUT2D eigenvalue weighted by Gasteiger charge is -2.01. The molecule has 1 heterocycles. The van der Waals surface area contributed by atoms with Gasteiger partial charge in [-0.05, 0) is 23.6 Å². The van der Waals surface area contributed by atoms with Gasteiger partial charge in [0.05, 0.1) is 5.69 Å². The Bertz CT molecular complexity index is 527. The molecule has 3 rings (SSSR count). The number of nitrogens with zero attached hydrogens (tertiary/aromatic N) is 1. The Morgan fingerprint density at radius 2 is 2.08 bits per heavy atom. The van der Waals surface area contributed by atoms with Gasteiger partial charge in [-0.15, -0.1) is 0 Å². The summed E-state index contributed by atoms with van der Waals surface area (Å²) in [6, 6.07) is 10.0. The van der Waals surface area contributed by atoms with E-state index in [-0.39, 0.29) is 0 Å². The zero-order valence-corrected chi connectivity index (χ0v) is 6.99. The van der Waals surface area contributed by atoms with Gasteiger partial charge < -0.3 is 5.73 Å². The predicted molar refractivity (Wildman–Crippen MR) is 55.6 cm³/mol. The first-order valence-electron chi connectivity index (χ1n) is 4.21. The van der Waals surface area contributed by atoms with Crippen molar-refractivity contribution in [3.05, 3.63) is 35.9 Å². The molecule has 62 valence electrons. The van der Waals surface area contributed by atoms with Crippen molar-refractivity contribution in [3.63, 3.8) is 0 Å². The molecule has 13 heavy (non-hydrogen) atoms. The van der Waals surface area contributed by atoms with Gasteiger partial charge in [0.25, 0.3) is 0 Å². The zero-order valence-electron chi connectivity index (χ0n) is 6.99. The third-order valence-corrected chi connectivity index (χ3v) is 2.35. The number of aliphatic imine (C=N–C) groups is 1. The molecule has 0 atom stereocenters. The van der Waals surface area contributed by atoms with Crippen LogP contribution in [0.4, 0.5) is 11.4 Å². The van der Waals surface area contributed by atoms with E-state index in [0.717, 1.165) is 16.9 Å². The highest BCUT2D eigenvalue weighted by Gasteiger charge is 2.09. The van der Waals surface area contributed by atoms with Crippen molar-refractivity contribution < 1.29 is 0 Å². The van der Waals surface area contributed by atoms with Crippen molar-refractivity contribution in [2.45, 2.75) is 0 Å². The first-order valence-corrected chi connectivity index (χ1v) is 4.21. The summed E-state index contributed by atoms with van der Waals surface area (Å²) in [5, 5.41) is 2.39. The minimum atomic E-state index is 0.799. The van der Waals surface area contributed by atoms with Crippen LogP contribution in [-0.4, -0.2) is 6.21 Å². The number of nitrogens with two attached hydrogens (primary N) is 1. The van der Waals surface area contributed by atoms with Gasteiger partial charge in [-0.1, -0.05) is 12.1 Å². The normalized spacial score (nSPS) is 12.6. The van der Waals surface area contributed by atoms with Crippen LogP contribution in [0.1, 0.15) is 5.56 Å². The van der Waals surface area contributed by atoms with Gasteiger partial charge in [-0.2, -0.15) is 0 Å². The lowest BCUT2D eigenvalue weighted by atomic mass is 10.0. The van der Waals surface area contributed by atoms with Gasteiger partial charge in [-0.25, -0.2) is 0 Å². The maximum atomic E-state index is 5.76. The maximum absolute atomic E-state index is 5.76. The third kappa shape index (κ3) is 0.798. The molecule has 2 heteroatoms. The minimum Gasteiger partial charge on any atom is -0.399 e. The van der Waals surface area contributed by atoms with Crippen molar-refractivity contribution in [1.29, 1.82) is 0 Å². The van der Waals surface area contributed by atoms with Gasteiger partial charge in [0.1, 0.15) is 0 Å². The summed E-state index contributed by atoms with van der Waals surface area (Å²) in [7, 11) is 0. The summed E-state index contributed by atoms with van der Waals surface area (Å²) in [5.41, 5.74) is 8.74. The smallest absolute Gasteiger partial charge is 0.0714 e. The SMILES string of the molecule is Nc1cc2c3c(cccc3c1)N=C2. The van der Waals surface area contributed by atoms with Crippen LogP contribution in [0.5, 0.6) is 0 Å². The van der Waals surface area contributed by atoms with Crippen molar-refractivity contribution in [3.8, 4) is 0 Å². The second-order valence-electron chi connectivity index (χ2n) is 3.24. The van der Waals surface area contributed by atoms with Crippen LogP contribution >= 0.6 is 0 Å².